The topological polar surface area (TPSA) is 51.5 Å². The van der Waals surface area contributed by atoms with Crippen LogP contribution < -0.4 is 5.32 Å². The third-order valence-electron chi connectivity index (χ3n) is 2.75. The highest BCUT2D eigenvalue weighted by Gasteiger charge is 2.15. The van der Waals surface area contributed by atoms with E-state index in [4.69, 9.17) is 4.42 Å². The zero-order chi connectivity index (χ0) is 12.7. The molecule has 1 heterocycles. The molecule has 1 atom stereocenters. The van der Waals surface area contributed by atoms with Crippen LogP contribution in [0.5, 0.6) is 0 Å². The summed E-state index contributed by atoms with van der Waals surface area (Å²) in [5, 5.41) is 3.37. The van der Waals surface area contributed by atoms with Crippen molar-refractivity contribution in [2.24, 2.45) is 0 Å². The molecule has 1 aromatic heterocycles. The van der Waals surface area contributed by atoms with Gasteiger partial charge in [0, 0.05) is 18.2 Å². The third-order valence-corrected chi connectivity index (χ3v) is 2.75. The maximum absolute atomic E-state index is 11.4. The molecular formula is C13H21NO3. The van der Waals surface area contributed by atoms with Crippen LogP contribution in [-0.2, 0) is 11.3 Å². The van der Waals surface area contributed by atoms with Gasteiger partial charge < -0.3 is 14.5 Å². The molecule has 0 aromatic carbocycles. The predicted octanol–water partition coefficient (Wildman–Crippen LogP) is 2.73. The first-order chi connectivity index (χ1) is 8.19. The maximum Gasteiger partial charge on any atom is 0.374 e. The van der Waals surface area contributed by atoms with Crippen molar-refractivity contribution in [2.75, 3.05) is 7.11 Å². The van der Waals surface area contributed by atoms with Gasteiger partial charge in [-0.2, -0.15) is 0 Å². The first-order valence-corrected chi connectivity index (χ1v) is 6.07. The van der Waals surface area contributed by atoms with Gasteiger partial charge in [-0.3, -0.25) is 0 Å². The Morgan fingerprint density at radius 2 is 2.35 bits per heavy atom. The summed E-state index contributed by atoms with van der Waals surface area (Å²) < 4.78 is 9.76. The second-order valence-corrected chi connectivity index (χ2v) is 4.19. The lowest BCUT2D eigenvalue weighted by Gasteiger charge is -2.12. The number of methoxy groups -OCH3 is 1. The molecule has 96 valence electrons. The molecule has 0 fully saturated rings. The Kier molecular flexibility index (Phi) is 5.77. The predicted molar refractivity (Wildman–Crippen MR) is 65.9 cm³/mol. The molecule has 1 N–H and O–H groups in total. The molecule has 4 heteroatoms. The molecule has 0 aliphatic carbocycles. The first kappa shape index (κ1) is 13.8. The summed E-state index contributed by atoms with van der Waals surface area (Å²) in [6.07, 6.45) is 5.07. The number of unbranched alkanes of at least 4 members (excludes halogenated alkanes) is 1. The minimum Gasteiger partial charge on any atom is -0.463 e. The summed E-state index contributed by atoms with van der Waals surface area (Å²) in [5.41, 5.74) is 0.847. The van der Waals surface area contributed by atoms with E-state index in [-0.39, 0.29) is 0 Å². The zero-order valence-corrected chi connectivity index (χ0v) is 10.8. The largest absolute Gasteiger partial charge is 0.463 e. The highest BCUT2D eigenvalue weighted by Crippen LogP contribution is 2.12. The molecule has 1 rings (SSSR count). The smallest absolute Gasteiger partial charge is 0.374 e. The van der Waals surface area contributed by atoms with Crippen LogP contribution in [0.1, 0.15) is 49.2 Å². The number of furan rings is 1. The summed E-state index contributed by atoms with van der Waals surface area (Å²) in [6, 6.07) is 2.24. The van der Waals surface area contributed by atoms with Gasteiger partial charge in [-0.25, -0.2) is 4.79 Å². The van der Waals surface area contributed by atoms with Gasteiger partial charge >= 0.3 is 5.97 Å². The zero-order valence-electron chi connectivity index (χ0n) is 10.8. The van der Waals surface area contributed by atoms with Gasteiger partial charge in [-0.1, -0.05) is 19.8 Å². The second-order valence-electron chi connectivity index (χ2n) is 4.19. The monoisotopic (exact) mass is 239 g/mol. The number of esters is 1. The minimum absolute atomic E-state index is 0.294. The molecule has 0 aliphatic rings. The Bertz CT molecular complexity index is 346. The van der Waals surface area contributed by atoms with E-state index < -0.39 is 5.97 Å². The Hall–Kier alpha value is -1.29. The van der Waals surface area contributed by atoms with Crippen LogP contribution in [0.15, 0.2) is 16.7 Å². The normalized spacial score (nSPS) is 12.4. The number of nitrogens with one attached hydrogen (secondary N) is 1. The van der Waals surface area contributed by atoms with Gasteiger partial charge in [0.15, 0.2) is 0 Å². The van der Waals surface area contributed by atoms with Crippen LogP contribution in [0.3, 0.4) is 0 Å². The molecule has 0 saturated carbocycles. The lowest BCUT2D eigenvalue weighted by atomic mass is 10.1. The van der Waals surface area contributed by atoms with Gasteiger partial charge in [0.05, 0.1) is 13.4 Å². The van der Waals surface area contributed by atoms with E-state index in [1.807, 2.05) is 0 Å². The number of ether oxygens (including phenoxy) is 1. The van der Waals surface area contributed by atoms with Crippen molar-refractivity contribution in [1.82, 2.24) is 5.32 Å². The summed E-state index contributed by atoms with van der Waals surface area (Å²) in [4.78, 5) is 11.4. The number of hydrogen-bond acceptors (Lipinski definition) is 4. The second kappa shape index (κ2) is 7.12. The number of rotatable bonds is 7. The average molecular weight is 239 g/mol. The van der Waals surface area contributed by atoms with Crippen molar-refractivity contribution >= 4 is 5.97 Å². The van der Waals surface area contributed by atoms with Gasteiger partial charge in [0.1, 0.15) is 0 Å². The van der Waals surface area contributed by atoms with Crippen LogP contribution in [0.25, 0.3) is 0 Å². The summed E-state index contributed by atoms with van der Waals surface area (Å²) >= 11 is 0. The molecular weight excluding hydrogens is 218 g/mol. The molecule has 0 aliphatic heterocycles. The van der Waals surface area contributed by atoms with Gasteiger partial charge in [0.2, 0.25) is 5.76 Å². The fourth-order valence-corrected chi connectivity index (χ4v) is 1.64. The van der Waals surface area contributed by atoms with Gasteiger partial charge in [-0.05, 0) is 19.4 Å². The fourth-order valence-electron chi connectivity index (χ4n) is 1.64. The van der Waals surface area contributed by atoms with Crippen molar-refractivity contribution in [2.45, 2.75) is 45.7 Å². The van der Waals surface area contributed by atoms with Crippen LogP contribution in [0.4, 0.5) is 0 Å². The molecule has 1 aromatic rings. The van der Waals surface area contributed by atoms with E-state index >= 15 is 0 Å². The Labute approximate surface area is 102 Å². The molecule has 17 heavy (non-hydrogen) atoms. The molecule has 1 unspecified atom stereocenters. The van der Waals surface area contributed by atoms with Crippen LogP contribution in [-0.4, -0.2) is 19.1 Å². The van der Waals surface area contributed by atoms with Gasteiger partial charge in [-0.15, -0.1) is 0 Å². The summed E-state index contributed by atoms with van der Waals surface area (Å²) in [7, 11) is 1.35. The van der Waals surface area contributed by atoms with E-state index in [1.54, 1.807) is 6.07 Å². The molecule has 0 amide bonds. The van der Waals surface area contributed by atoms with Crippen LogP contribution in [0, 0.1) is 0 Å². The van der Waals surface area contributed by atoms with Crippen molar-refractivity contribution in [1.29, 1.82) is 0 Å². The quantitative estimate of drug-likeness (QED) is 0.743. The highest BCUT2D eigenvalue weighted by atomic mass is 16.5. The number of carbonyl (C=O) groups excluding carboxylic acids is 1. The van der Waals surface area contributed by atoms with Crippen LogP contribution in [0.2, 0.25) is 0 Å². The maximum atomic E-state index is 11.4. The van der Waals surface area contributed by atoms with Gasteiger partial charge in [0.25, 0.3) is 0 Å². The highest BCUT2D eigenvalue weighted by molar-refractivity contribution is 5.87. The Morgan fingerprint density at radius 3 is 3.00 bits per heavy atom. The van der Waals surface area contributed by atoms with Crippen molar-refractivity contribution in [3.63, 3.8) is 0 Å². The molecule has 0 radical (unpaired) electrons. The Morgan fingerprint density at radius 1 is 1.59 bits per heavy atom. The van der Waals surface area contributed by atoms with Crippen molar-refractivity contribution < 1.29 is 13.9 Å². The lowest BCUT2D eigenvalue weighted by Crippen LogP contribution is -2.25. The van der Waals surface area contributed by atoms with E-state index in [9.17, 15) is 4.79 Å². The number of hydrogen-bond donors (Lipinski definition) is 1. The Balaban J connectivity index is 2.46. The minimum atomic E-state index is -0.423. The van der Waals surface area contributed by atoms with E-state index in [2.05, 4.69) is 23.9 Å². The number of carbonyl (C=O) groups is 1. The van der Waals surface area contributed by atoms with E-state index in [1.165, 1.54) is 26.2 Å². The third kappa shape index (κ3) is 4.23. The van der Waals surface area contributed by atoms with Crippen molar-refractivity contribution in [3.8, 4) is 0 Å². The standard InChI is InChI=1S/C13H21NO3/c1-4-5-6-10(2)14-9-11-7-8-17-12(11)13(15)16-3/h7-8,10,14H,4-6,9H2,1-3H3. The molecule has 4 nitrogen and oxygen atoms in total. The lowest BCUT2D eigenvalue weighted by molar-refractivity contribution is 0.0563. The summed E-state index contributed by atoms with van der Waals surface area (Å²) in [5.74, 6) is -0.129. The SMILES string of the molecule is CCCCC(C)NCc1ccoc1C(=O)OC. The fraction of sp³-hybridized carbons (Fsp3) is 0.615. The van der Waals surface area contributed by atoms with Crippen molar-refractivity contribution in [3.05, 3.63) is 23.7 Å². The van der Waals surface area contributed by atoms with E-state index in [0.29, 0.717) is 18.3 Å². The first-order valence-electron chi connectivity index (χ1n) is 6.07. The molecule has 0 spiro atoms. The molecule has 0 saturated heterocycles. The summed E-state index contributed by atoms with van der Waals surface area (Å²) in [6.45, 7) is 4.96. The van der Waals surface area contributed by atoms with Crippen LogP contribution >= 0.6 is 0 Å². The van der Waals surface area contributed by atoms with E-state index in [0.717, 1.165) is 12.0 Å². The average Bonchev–Trinajstić information content (AvgIpc) is 2.81. The molecule has 0 bridgehead atoms.